The van der Waals surface area contributed by atoms with Crippen molar-refractivity contribution in [2.24, 2.45) is 5.92 Å². The Balaban J connectivity index is 1.70. The minimum Gasteiger partial charge on any atom is -0.351 e. The van der Waals surface area contributed by atoms with Gasteiger partial charge in [0, 0.05) is 28.8 Å². The molecule has 0 unspecified atom stereocenters. The Hall–Kier alpha value is -2.32. The molecule has 0 heterocycles. The summed E-state index contributed by atoms with van der Waals surface area (Å²) in [5, 5.41) is 8.49. The summed E-state index contributed by atoms with van der Waals surface area (Å²) < 4.78 is 0.885. The van der Waals surface area contributed by atoms with Crippen LogP contribution in [0.3, 0.4) is 0 Å². The smallest absolute Gasteiger partial charge is 0.234 e. The van der Waals surface area contributed by atoms with Crippen molar-refractivity contribution >= 4 is 56.8 Å². The van der Waals surface area contributed by atoms with Gasteiger partial charge >= 0.3 is 0 Å². The predicted octanol–water partition coefficient (Wildman–Crippen LogP) is 4.42. The SMILES string of the molecule is CC(C)CC(=O)Nc1cccc(CNC(=O)CSCC(=O)Nc2cccc(Br)c2)c1. The van der Waals surface area contributed by atoms with Gasteiger partial charge in [0.25, 0.3) is 0 Å². The molecule has 6 nitrogen and oxygen atoms in total. The molecule has 0 saturated heterocycles. The lowest BCUT2D eigenvalue weighted by Gasteiger charge is -2.10. The van der Waals surface area contributed by atoms with E-state index in [-0.39, 0.29) is 29.2 Å². The molecule has 2 aromatic carbocycles. The number of amides is 3. The molecular formula is C22H26BrN3O3S. The molecule has 0 aliphatic rings. The fourth-order valence-electron chi connectivity index (χ4n) is 2.59. The van der Waals surface area contributed by atoms with Crippen LogP contribution in [0.5, 0.6) is 0 Å². The summed E-state index contributed by atoms with van der Waals surface area (Å²) >= 11 is 4.61. The Bertz CT molecular complexity index is 889. The highest BCUT2D eigenvalue weighted by molar-refractivity contribution is 9.10. The van der Waals surface area contributed by atoms with Gasteiger partial charge in [-0.25, -0.2) is 0 Å². The zero-order valence-electron chi connectivity index (χ0n) is 17.0. The standard InChI is InChI=1S/C22H26BrN3O3S/c1-15(2)9-20(27)25-18-7-3-5-16(10-18)12-24-21(28)13-30-14-22(29)26-19-8-4-6-17(23)11-19/h3-8,10-11,15H,9,12-14H2,1-2H3,(H,24,28)(H,25,27)(H,26,29). The highest BCUT2D eigenvalue weighted by atomic mass is 79.9. The molecule has 30 heavy (non-hydrogen) atoms. The molecule has 160 valence electrons. The minimum absolute atomic E-state index is 0.0243. The van der Waals surface area contributed by atoms with Crippen LogP contribution in [-0.4, -0.2) is 29.2 Å². The van der Waals surface area contributed by atoms with Gasteiger partial charge in [0.2, 0.25) is 17.7 Å². The molecule has 0 atom stereocenters. The van der Waals surface area contributed by atoms with E-state index in [1.54, 1.807) is 6.07 Å². The van der Waals surface area contributed by atoms with Crippen LogP contribution in [0.4, 0.5) is 11.4 Å². The van der Waals surface area contributed by atoms with E-state index in [4.69, 9.17) is 0 Å². The van der Waals surface area contributed by atoms with E-state index in [9.17, 15) is 14.4 Å². The van der Waals surface area contributed by atoms with Gasteiger partial charge in [-0.3, -0.25) is 14.4 Å². The number of nitrogens with one attached hydrogen (secondary N) is 3. The number of hydrogen-bond donors (Lipinski definition) is 3. The van der Waals surface area contributed by atoms with Crippen molar-refractivity contribution in [3.63, 3.8) is 0 Å². The second kappa shape index (κ2) is 12.4. The maximum Gasteiger partial charge on any atom is 0.234 e. The summed E-state index contributed by atoms with van der Waals surface area (Å²) in [5.41, 5.74) is 2.31. The molecule has 3 amide bonds. The van der Waals surface area contributed by atoms with Crippen molar-refractivity contribution in [1.82, 2.24) is 5.32 Å². The second-order valence-electron chi connectivity index (χ2n) is 7.17. The second-order valence-corrected chi connectivity index (χ2v) is 9.08. The quantitative estimate of drug-likeness (QED) is 0.458. The highest BCUT2D eigenvalue weighted by Crippen LogP contribution is 2.16. The molecule has 0 saturated carbocycles. The van der Waals surface area contributed by atoms with Gasteiger partial charge in [0.05, 0.1) is 11.5 Å². The van der Waals surface area contributed by atoms with Gasteiger partial charge in [0.15, 0.2) is 0 Å². The molecule has 0 radical (unpaired) electrons. The maximum absolute atomic E-state index is 12.0. The molecule has 0 aromatic heterocycles. The Labute approximate surface area is 189 Å². The Morgan fingerprint density at radius 3 is 2.23 bits per heavy atom. The van der Waals surface area contributed by atoms with Crippen LogP contribution >= 0.6 is 27.7 Å². The summed E-state index contributed by atoms with van der Waals surface area (Å²) in [6.07, 6.45) is 0.466. The van der Waals surface area contributed by atoms with Crippen LogP contribution in [-0.2, 0) is 20.9 Å². The first kappa shape index (κ1) is 24.0. The molecule has 2 aromatic rings. The van der Waals surface area contributed by atoms with E-state index in [1.165, 1.54) is 11.8 Å². The molecular weight excluding hydrogens is 466 g/mol. The average molecular weight is 492 g/mol. The Morgan fingerprint density at radius 2 is 1.53 bits per heavy atom. The molecule has 0 fully saturated rings. The van der Waals surface area contributed by atoms with Crippen molar-refractivity contribution < 1.29 is 14.4 Å². The predicted molar refractivity (Wildman–Crippen MR) is 126 cm³/mol. The van der Waals surface area contributed by atoms with E-state index >= 15 is 0 Å². The first-order chi connectivity index (χ1) is 14.3. The fourth-order valence-corrected chi connectivity index (χ4v) is 3.64. The lowest BCUT2D eigenvalue weighted by Crippen LogP contribution is -2.25. The summed E-state index contributed by atoms with van der Waals surface area (Å²) in [7, 11) is 0. The van der Waals surface area contributed by atoms with Crippen LogP contribution in [0.1, 0.15) is 25.8 Å². The number of carbonyl (C=O) groups is 3. The molecule has 0 bridgehead atoms. The van der Waals surface area contributed by atoms with Crippen LogP contribution < -0.4 is 16.0 Å². The summed E-state index contributed by atoms with van der Waals surface area (Å²) in [6.45, 7) is 4.35. The monoisotopic (exact) mass is 491 g/mol. The van der Waals surface area contributed by atoms with Gasteiger partial charge in [-0.05, 0) is 41.8 Å². The number of hydrogen-bond acceptors (Lipinski definition) is 4. The minimum atomic E-state index is -0.157. The maximum atomic E-state index is 12.0. The number of rotatable bonds is 10. The number of benzene rings is 2. The van der Waals surface area contributed by atoms with Gasteiger partial charge < -0.3 is 16.0 Å². The number of carbonyl (C=O) groups excluding carboxylic acids is 3. The molecule has 0 aliphatic heterocycles. The van der Waals surface area contributed by atoms with Gasteiger partial charge in [0.1, 0.15) is 0 Å². The number of anilines is 2. The lowest BCUT2D eigenvalue weighted by molar-refractivity contribution is -0.119. The Kier molecular flexibility index (Phi) is 9.89. The third-order valence-electron chi connectivity index (χ3n) is 3.87. The summed E-state index contributed by atoms with van der Waals surface area (Å²) in [4.78, 5) is 35.9. The van der Waals surface area contributed by atoms with E-state index in [0.717, 1.165) is 10.0 Å². The third-order valence-corrected chi connectivity index (χ3v) is 5.29. The van der Waals surface area contributed by atoms with Crippen molar-refractivity contribution in [3.8, 4) is 0 Å². The molecule has 8 heteroatoms. The lowest BCUT2D eigenvalue weighted by atomic mass is 10.1. The number of halogens is 1. The Morgan fingerprint density at radius 1 is 0.900 bits per heavy atom. The normalized spacial score (nSPS) is 10.5. The van der Waals surface area contributed by atoms with Crippen LogP contribution in [0.15, 0.2) is 53.0 Å². The van der Waals surface area contributed by atoms with Crippen LogP contribution in [0, 0.1) is 5.92 Å². The third kappa shape index (κ3) is 9.45. The first-order valence-electron chi connectivity index (χ1n) is 9.60. The first-order valence-corrected chi connectivity index (χ1v) is 11.5. The zero-order valence-corrected chi connectivity index (χ0v) is 19.4. The average Bonchev–Trinajstić information content (AvgIpc) is 2.66. The van der Waals surface area contributed by atoms with Crippen molar-refractivity contribution in [2.75, 3.05) is 22.1 Å². The van der Waals surface area contributed by atoms with Crippen molar-refractivity contribution in [2.45, 2.75) is 26.8 Å². The zero-order chi connectivity index (χ0) is 21.9. The molecule has 0 spiro atoms. The summed E-state index contributed by atoms with van der Waals surface area (Å²) in [5.74, 6) is 0.346. The van der Waals surface area contributed by atoms with Crippen molar-refractivity contribution in [1.29, 1.82) is 0 Å². The van der Waals surface area contributed by atoms with E-state index in [0.29, 0.717) is 30.3 Å². The van der Waals surface area contributed by atoms with Gasteiger partial charge in [-0.15, -0.1) is 11.8 Å². The van der Waals surface area contributed by atoms with Gasteiger partial charge in [-0.2, -0.15) is 0 Å². The largest absolute Gasteiger partial charge is 0.351 e. The van der Waals surface area contributed by atoms with Gasteiger partial charge in [-0.1, -0.05) is 48.0 Å². The molecule has 2 rings (SSSR count). The van der Waals surface area contributed by atoms with Crippen molar-refractivity contribution in [3.05, 3.63) is 58.6 Å². The highest BCUT2D eigenvalue weighted by Gasteiger charge is 2.08. The fraction of sp³-hybridized carbons (Fsp3) is 0.318. The van der Waals surface area contributed by atoms with Crippen LogP contribution in [0.2, 0.25) is 0 Å². The van der Waals surface area contributed by atoms with Crippen LogP contribution in [0.25, 0.3) is 0 Å². The summed E-state index contributed by atoms with van der Waals surface area (Å²) in [6, 6.07) is 14.7. The molecule has 3 N–H and O–H groups in total. The van der Waals surface area contributed by atoms with E-state index in [1.807, 2.05) is 56.3 Å². The van der Waals surface area contributed by atoms with E-state index < -0.39 is 0 Å². The topological polar surface area (TPSA) is 87.3 Å². The number of thioether (sulfide) groups is 1. The molecule has 0 aliphatic carbocycles. The van der Waals surface area contributed by atoms with E-state index in [2.05, 4.69) is 31.9 Å².